The fourth-order valence-electron chi connectivity index (χ4n) is 7.32. The largest absolute Gasteiger partial charge is 0.462 e. The summed E-state index contributed by atoms with van der Waals surface area (Å²) in [6, 6.07) is -0.724. The summed E-state index contributed by atoms with van der Waals surface area (Å²) in [5, 5.41) is 23.7. The molecule has 6 nitrogen and oxygen atoms in total. The smallest absolute Gasteiger partial charge is 0.306 e. The summed E-state index contributed by atoms with van der Waals surface area (Å²) in [5.74, 6) is -0.596. The number of allylic oxidation sites excluding steroid dienone is 14. The number of carbonyl (C=O) groups is 2. The van der Waals surface area contributed by atoms with Gasteiger partial charge in [0.25, 0.3) is 0 Å². The van der Waals surface area contributed by atoms with Gasteiger partial charge in [0.1, 0.15) is 6.10 Å². The van der Waals surface area contributed by atoms with Gasteiger partial charge in [-0.2, -0.15) is 0 Å². The SMILES string of the molecule is CC/C=C\C/C=C\C/C=C\C/C=C\C/C=C\C/C=C\CCC(=O)OC(CCCCC/C=C\CCCC)CC(=O)NC(CO)C(O)CCCCCCCCCCCCCCCCC. The molecule has 0 bridgehead atoms. The van der Waals surface area contributed by atoms with E-state index in [9.17, 15) is 19.8 Å². The van der Waals surface area contributed by atoms with Crippen LogP contribution >= 0.6 is 0 Å². The van der Waals surface area contributed by atoms with Crippen LogP contribution in [0.4, 0.5) is 0 Å². The number of rotatable bonds is 45. The van der Waals surface area contributed by atoms with Crippen molar-refractivity contribution in [3.05, 3.63) is 85.1 Å². The molecule has 6 heteroatoms. The minimum Gasteiger partial charge on any atom is -0.462 e. The third kappa shape index (κ3) is 43.7. The molecule has 0 saturated heterocycles. The van der Waals surface area contributed by atoms with E-state index in [1.54, 1.807) is 0 Å². The highest BCUT2D eigenvalue weighted by Crippen LogP contribution is 2.17. The number of hydrogen-bond donors (Lipinski definition) is 3. The monoisotopic (exact) mass is 864 g/mol. The van der Waals surface area contributed by atoms with Gasteiger partial charge in [-0.3, -0.25) is 9.59 Å². The van der Waals surface area contributed by atoms with Gasteiger partial charge in [0.2, 0.25) is 5.91 Å². The first kappa shape index (κ1) is 59.0. The lowest BCUT2D eigenvalue weighted by Gasteiger charge is -2.24. The van der Waals surface area contributed by atoms with E-state index in [0.717, 1.165) is 89.9 Å². The van der Waals surface area contributed by atoms with Crippen molar-refractivity contribution in [2.24, 2.45) is 0 Å². The standard InChI is InChI=1S/C56H97NO5/c1-4-7-10-13-16-19-21-23-25-26-27-28-30-32-34-37-40-43-46-49-56(61)62-52(47-44-41-38-35-18-15-12-9-6-3)50-55(60)57-53(51-58)54(59)48-45-42-39-36-33-31-29-24-22-20-17-14-11-8-5-2/h7,10,15-16,18-19,23,25,27-28,32,34,40,43,52-54,58-59H,4-6,8-9,11-14,17,20-22,24,26,29-31,33,35-39,41-42,44-51H2,1-3H3,(H,57,60)/b10-7-,18-15-,19-16-,25-23-,28-27-,34-32-,43-40-. The van der Waals surface area contributed by atoms with Gasteiger partial charge in [-0.05, 0) is 83.5 Å². The number of hydrogen-bond acceptors (Lipinski definition) is 5. The second kappa shape index (κ2) is 49.1. The van der Waals surface area contributed by atoms with Gasteiger partial charge in [0, 0.05) is 6.42 Å². The molecule has 3 unspecified atom stereocenters. The van der Waals surface area contributed by atoms with Crippen LogP contribution in [0.2, 0.25) is 0 Å². The number of carbonyl (C=O) groups excluding carboxylic acids is 2. The van der Waals surface area contributed by atoms with Crippen LogP contribution in [0.15, 0.2) is 85.1 Å². The number of aliphatic hydroxyl groups is 2. The molecule has 0 aliphatic rings. The quantitative estimate of drug-likeness (QED) is 0.0322. The zero-order valence-electron chi connectivity index (χ0n) is 40.5. The zero-order valence-corrected chi connectivity index (χ0v) is 40.5. The van der Waals surface area contributed by atoms with Crippen molar-refractivity contribution < 1.29 is 24.5 Å². The van der Waals surface area contributed by atoms with Gasteiger partial charge < -0.3 is 20.3 Å². The Hall–Kier alpha value is -2.96. The molecule has 62 heavy (non-hydrogen) atoms. The average molecular weight is 864 g/mol. The highest BCUT2D eigenvalue weighted by molar-refractivity contribution is 5.77. The Kier molecular flexibility index (Phi) is 46.7. The van der Waals surface area contributed by atoms with E-state index in [1.807, 2.05) is 6.08 Å². The highest BCUT2D eigenvalue weighted by atomic mass is 16.5. The number of ether oxygens (including phenoxy) is 1. The van der Waals surface area contributed by atoms with Crippen LogP contribution in [0.25, 0.3) is 0 Å². The normalized spacial score (nSPS) is 14.0. The molecular weight excluding hydrogens is 767 g/mol. The lowest BCUT2D eigenvalue weighted by Crippen LogP contribution is -2.46. The topological polar surface area (TPSA) is 95.9 Å². The van der Waals surface area contributed by atoms with E-state index in [4.69, 9.17) is 4.74 Å². The highest BCUT2D eigenvalue weighted by Gasteiger charge is 2.24. The molecule has 0 fully saturated rings. The van der Waals surface area contributed by atoms with Crippen LogP contribution in [-0.2, 0) is 14.3 Å². The summed E-state index contributed by atoms with van der Waals surface area (Å²) in [6.45, 7) is 6.30. The minimum absolute atomic E-state index is 0.0325. The van der Waals surface area contributed by atoms with Crippen LogP contribution < -0.4 is 5.32 Å². The maximum atomic E-state index is 13.2. The first-order valence-electron chi connectivity index (χ1n) is 25.8. The number of amides is 1. The van der Waals surface area contributed by atoms with E-state index < -0.39 is 18.2 Å². The van der Waals surface area contributed by atoms with Crippen molar-refractivity contribution in [3.63, 3.8) is 0 Å². The molecule has 0 rings (SSSR count). The molecule has 3 N–H and O–H groups in total. The van der Waals surface area contributed by atoms with Crippen molar-refractivity contribution in [1.82, 2.24) is 5.32 Å². The molecule has 0 radical (unpaired) electrons. The molecule has 1 amide bonds. The summed E-state index contributed by atoms with van der Waals surface area (Å²) in [4.78, 5) is 26.0. The summed E-state index contributed by atoms with van der Waals surface area (Å²) < 4.78 is 5.86. The molecule has 3 atom stereocenters. The number of aliphatic hydroxyl groups excluding tert-OH is 2. The van der Waals surface area contributed by atoms with Crippen LogP contribution in [-0.4, -0.2) is 46.9 Å². The Morgan fingerprint density at radius 3 is 1.37 bits per heavy atom. The Morgan fingerprint density at radius 2 is 0.887 bits per heavy atom. The molecule has 0 aromatic carbocycles. The maximum absolute atomic E-state index is 13.2. The van der Waals surface area contributed by atoms with Crippen LogP contribution in [0.5, 0.6) is 0 Å². The molecule has 0 spiro atoms. The van der Waals surface area contributed by atoms with Crippen LogP contribution in [0.3, 0.4) is 0 Å². The zero-order chi connectivity index (χ0) is 45.2. The average Bonchev–Trinajstić information content (AvgIpc) is 3.26. The Bertz CT molecular complexity index is 1200. The molecule has 0 aromatic heterocycles. The second-order valence-corrected chi connectivity index (χ2v) is 17.2. The summed E-state index contributed by atoms with van der Waals surface area (Å²) in [5.41, 5.74) is 0. The first-order valence-corrected chi connectivity index (χ1v) is 25.8. The third-order valence-electron chi connectivity index (χ3n) is 11.2. The Balaban J connectivity index is 4.58. The number of nitrogens with one attached hydrogen (secondary N) is 1. The summed E-state index contributed by atoms with van der Waals surface area (Å²) in [7, 11) is 0. The first-order chi connectivity index (χ1) is 30.5. The summed E-state index contributed by atoms with van der Waals surface area (Å²) in [6.07, 6.45) is 63.7. The summed E-state index contributed by atoms with van der Waals surface area (Å²) >= 11 is 0. The van der Waals surface area contributed by atoms with E-state index in [-0.39, 0.29) is 31.3 Å². The lowest BCUT2D eigenvalue weighted by molar-refractivity contribution is -0.150. The van der Waals surface area contributed by atoms with Gasteiger partial charge in [-0.1, -0.05) is 221 Å². The fraction of sp³-hybridized carbons (Fsp3) is 0.714. The molecule has 0 heterocycles. The molecule has 0 aromatic rings. The number of unbranched alkanes of at least 4 members (excludes halogenated alkanes) is 19. The van der Waals surface area contributed by atoms with E-state index >= 15 is 0 Å². The maximum Gasteiger partial charge on any atom is 0.306 e. The van der Waals surface area contributed by atoms with Crippen LogP contribution in [0.1, 0.15) is 233 Å². The van der Waals surface area contributed by atoms with Gasteiger partial charge in [0.05, 0.1) is 25.2 Å². The van der Waals surface area contributed by atoms with Crippen molar-refractivity contribution in [1.29, 1.82) is 0 Å². The Labute approximate surface area is 383 Å². The molecular formula is C56H97NO5. The minimum atomic E-state index is -0.807. The predicted molar refractivity (Wildman–Crippen MR) is 268 cm³/mol. The van der Waals surface area contributed by atoms with Crippen LogP contribution in [0, 0.1) is 0 Å². The van der Waals surface area contributed by atoms with E-state index in [1.165, 1.54) is 89.9 Å². The second-order valence-electron chi connectivity index (χ2n) is 17.2. The molecule has 356 valence electrons. The fourth-order valence-corrected chi connectivity index (χ4v) is 7.32. The van der Waals surface area contributed by atoms with E-state index in [2.05, 4.69) is 105 Å². The van der Waals surface area contributed by atoms with Crippen molar-refractivity contribution in [2.45, 2.75) is 251 Å². The van der Waals surface area contributed by atoms with Gasteiger partial charge in [-0.25, -0.2) is 0 Å². The predicted octanol–water partition coefficient (Wildman–Crippen LogP) is 15.6. The molecule has 0 aliphatic heterocycles. The lowest BCUT2D eigenvalue weighted by atomic mass is 10.0. The van der Waals surface area contributed by atoms with Gasteiger partial charge in [0.15, 0.2) is 0 Å². The molecule has 0 aliphatic carbocycles. The van der Waals surface area contributed by atoms with Gasteiger partial charge in [-0.15, -0.1) is 0 Å². The van der Waals surface area contributed by atoms with Crippen molar-refractivity contribution in [3.8, 4) is 0 Å². The number of esters is 1. The van der Waals surface area contributed by atoms with Gasteiger partial charge >= 0.3 is 5.97 Å². The third-order valence-corrected chi connectivity index (χ3v) is 11.2. The molecule has 0 saturated carbocycles. The van der Waals surface area contributed by atoms with Crippen molar-refractivity contribution >= 4 is 11.9 Å². The Morgan fingerprint density at radius 1 is 0.484 bits per heavy atom. The van der Waals surface area contributed by atoms with E-state index in [0.29, 0.717) is 19.3 Å². The van der Waals surface area contributed by atoms with Crippen molar-refractivity contribution in [2.75, 3.05) is 6.61 Å².